The summed E-state index contributed by atoms with van der Waals surface area (Å²) in [5.74, 6) is 1.51. The lowest BCUT2D eigenvalue weighted by molar-refractivity contribution is -0.131. The van der Waals surface area contributed by atoms with Crippen molar-refractivity contribution in [2.75, 3.05) is 41.0 Å². The molecule has 2 rings (SSSR count). The molecule has 1 saturated heterocycles. The number of methoxy groups -OCH3 is 3. The molecule has 8 nitrogen and oxygen atoms in total. The lowest BCUT2D eigenvalue weighted by Crippen LogP contribution is -2.50. The zero-order chi connectivity index (χ0) is 19.8. The summed E-state index contributed by atoms with van der Waals surface area (Å²) in [5, 5.41) is 2.81. The SMILES string of the molecule is CCOC(=O)N[C@H]1CCCN(C(=O)Cc2cc(OC)c(OC)c(OC)c2)C1. The van der Waals surface area contributed by atoms with E-state index in [9.17, 15) is 9.59 Å². The normalized spacial score (nSPS) is 16.4. The van der Waals surface area contributed by atoms with Crippen LogP contribution in [0.3, 0.4) is 0 Å². The maximum atomic E-state index is 12.7. The summed E-state index contributed by atoms with van der Waals surface area (Å²) in [6.07, 6.45) is 1.43. The molecule has 150 valence electrons. The first-order valence-electron chi connectivity index (χ1n) is 9.02. The van der Waals surface area contributed by atoms with Crippen LogP contribution in [0.1, 0.15) is 25.3 Å². The van der Waals surface area contributed by atoms with Crippen molar-refractivity contribution in [3.8, 4) is 17.2 Å². The third-order valence-electron chi connectivity index (χ3n) is 4.45. The average Bonchev–Trinajstić information content (AvgIpc) is 2.67. The lowest BCUT2D eigenvalue weighted by Gasteiger charge is -2.33. The molecule has 1 fully saturated rings. The minimum absolute atomic E-state index is 0.0142. The number of rotatable bonds is 7. The van der Waals surface area contributed by atoms with Gasteiger partial charge in [-0.2, -0.15) is 0 Å². The van der Waals surface area contributed by atoms with Crippen molar-refractivity contribution in [2.45, 2.75) is 32.2 Å². The molecule has 1 aromatic carbocycles. The van der Waals surface area contributed by atoms with Gasteiger partial charge in [-0.05, 0) is 37.5 Å². The van der Waals surface area contributed by atoms with E-state index in [4.69, 9.17) is 18.9 Å². The number of carbonyl (C=O) groups excluding carboxylic acids is 2. The fraction of sp³-hybridized carbons (Fsp3) is 0.579. The molecule has 0 aliphatic carbocycles. The molecule has 0 radical (unpaired) electrons. The number of carbonyl (C=O) groups is 2. The van der Waals surface area contributed by atoms with Crippen LogP contribution in [0.4, 0.5) is 4.79 Å². The molecular formula is C19H28N2O6. The number of amides is 2. The van der Waals surface area contributed by atoms with Crippen molar-refractivity contribution in [3.63, 3.8) is 0 Å². The summed E-state index contributed by atoms with van der Waals surface area (Å²) < 4.78 is 20.9. The molecule has 0 unspecified atom stereocenters. The minimum atomic E-state index is -0.443. The average molecular weight is 380 g/mol. The second kappa shape index (κ2) is 9.89. The number of ether oxygens (including phenoxy) is 4. The van der Waals surface area contributed by atoms with Crippen LogP contribution in [0.25, 0.3) is 0 Å². The zero-order valence-electron chi connectivity index (χ0n) is 16.4. The predicted octanol–water partition coefficient (Wildman–Crippen LogP) is 1.99. The molecule has 27 heavy (non-hydrogen) atoms. The van der Waals surface area contributed by atoms with Crippen LogP contribution >= 0.6 is 0 Å². The van der Waals surface area contributed by atoms with Crippen molar-refractivity contribution < 1.29 is 28.5 Å². The maximum Gasteiger partial charge on any atom is 0.407 e. The topological polar surface area (TPSA) is 86.3 Å². The largest absolute Gasteiger partial charge is 0.493 e. The van der Waals surface area contributed by atoms with Gasteiger partial charge in [-0.3, -0.25) is 4.79 Å². The van der Waals surface area contributed by atoms with Gasteiger partial charge >= 0.3 is 6.09 Å². The van der Waals surface area contributed by atoms with E-state index >= 15 is 0 Å². The highest BCUT2D eigenvalue weighted by Gasteiger charge is 2.25. The molecule has 1 atom stereocenters. The summed E-state index contributed by atoms with van der Waals surface area (Å²) in [6.45, 7) is 3.22. The number of hydrogen-bond acceptors (Lipinski definition) is 6. The van der Waals surface area contributed by atoms with Crippen LogP contribution in [0.2, 0.25) is 0 Å². The Morgan fingerprint density at radius 3 is 2.37 bits per heavy atom. The fourth-order valence-electron chi connectivity index (χ4n) is 3.18. The first kappa shape index (κ1) is 20.7. The molecule has 1 N–H and O–H groups in total. The molecule has 2 amide bonds. The Morgan fingerprint density at radius 2 is 1.81 bits per heavy atom. The molecule has 0 bridgehead atoms. The number of benzene rings is 1. The van der Waals surface area contributed by atoms with Gasteiger partial charge in [-0.1, -0.05) is 0 Å². The zero-order valence-corrected chi connectivity index (χ0v) is 16.4. The Labute approximate surface area is 159 Å². The molecule has 1 aromatic rings. The highest BCUT2D eigenvalue weighted by Crippen LogP contribution is 2.38. The van der Waals surface area contributed by atoms with E-state index in [1.807, 2.05) is 0 Å². The number of piperidine rings is 1. The third-order valence-corrected chi connectivity index (χ3v) is 4.45. The summed E-state index contributed by atoms with van der Waals surface area (Å²) in [4.78, 5) is 26.1. The Bertz CT molecular complexity index is 639. The first-order valence-corrected chi connectivity index (χ1v) is 9.02. The van der Waals surface area contributed by atoms with E-state index in [1.54, 1.807) is 38.2 Å². The Balaban J connectivity index is 2.04. The van der Waals surface area contributed by atoms with Gasteiger partial charge in [-0.25, -0.2) is 4.79 Å². The van der Waals surface area contributed by atoms with Gasteiger partial charge in [0.15, 0.2) is 11.5 Å². The van der Waals surface area contributed by atoms with Gasteiger partial charge in [0.1, 0.15) is 0 Å². The second-order valence-corrected chi connectivity index (χ2v) is 6.25. The first-order chi connectivity index (χ1) is 13.0. The van der Waals surface area contributed by atoms with Gasteiger partial charge in [0, 0.05) is 19.1 Å². The molecule has 1 aliphatic heterocycles. The van der Waals surface area contributed by atoms with Crippen LogP contribution in [-0.4, -0.2) is 64.0 Å². The minimum Gasteiger partial charge on any atom is -0.493 e. The third kappa shape index (κ3) is 5.42. The lowest BCUT2D eigenvalue weighted by atomic mass is 10.0. The van der Waals surface area contributed by atoms with Crippen LogP contribution in [0.15, 0.2) is 12.1 Å². The molecule has 1 heterocycles. The molecule has 1 aliphatic rings. The van der Waals surface area contributed by atoms with Crippen LogP contribution < -0.4 is 19.5 Å². The quantitative estimate of drug-likeness (QED) is 0.779. The highest BCUT2D eigenvalue weighted by atomic mass is 16.5. The molecule has 8 heteroatoms. The maximum absolute atomic E-state index is 12.7. The van der Waals surface area contributed by atoms with E-state index in [-0.39, 0.29) is 18.4 Å². The van der Waals surface area contributed by atoms with E-state index in [1.165, 1.54) is 7.11 Å². The van der Waals surface area contributed by atoms with Gasteiger partial charge in [0.2, 0.25) is 11.7 Å². The molecule has 0 spiro atoms. The van der Waals surface area contributed by atoms with Crippen LogP contribution in [-0.2, 0) is 16.0 Å². The van der Waals surface area contributed by atoms with Gasteiger partial charge in [0.05, 0.1) is 34.4 Å². The van der Waals surface area contributed by atoms with Crippen molar-refractivity contribution in [1.82, 2.24) is 10.2 Å². The predicted molar refractivity (Wildman–Crippen MR) is 99.6 cm³/mol. The number of nitrogens with zero attached hydrogens (tertiary/aromatic N) is 1. The summed E-state index contributed by atoms with van der Waals surface area (Å²) >= 11 is 0. The Kier molecular flexibility index (Phi) is 7.57. The van der Waals surface area contributed by atoms with Crippen molar-refractivity contribution >= 4 is 12.0 Å². The fourth-order valence-corrected chi connectivity index (χ4v) is 3.18. The van der Waals surface area contributed by atoms with Crippen molar-refractivity contribution in [3.05, 3.63) is 17.7 Å². The number of likely N-dealkylation sites (tertiary alicyclic amines) is 1. The van der Waals surface area contributed by atoms with E-state index in [2.05, 4.69) is 5.32 Å². The monoisotopic (exact) mass is 380 g/mol. The second-order valence-electron chi connectivity index (χ2n) is 6.25. The Hall–Kier alpha value is -2.64. The number of hydrogen-bond donors (Lipinski definition) is 1. The molecule has 0 aromatic heterocycles. The van der Waals surface area contributed by atoms with Crippen LogP contribution in [0, 0.1) is 0 Å². The van der Waals surface area contributed by atoms with Gasteiger partial charge in [-0.15, -0.1) is 0 Å². The summed E-state index contributed by atoms with van der Waals surface area (Å²) in [5.41, 5.74) is 0.773. The van der Waals surface area contributed by atoms with Gasteiger partial charge < -0.3 is 29.2 Å². The number of nitrogens with one attached hydrogen (secondary N) is 1. The Morgan fingerprint density at radius 1 is 1.15 bits per heavy atom. The van der Waals surface area contributed by atoms with Crippen molar-refractivity contribution in [1.29, 1.82) is 0 Å². The van der Waals surface area contributed by atoms with E-state index in [0.29, 0.717) is 36.9 Å². The van der Waals surface area contributed by atoms with Gasteiger partial charge in [0.25, 0.3) is 0 Å². The van der Waals surface area contributed by atoms with Crippen LogP contribution in [0.5, 0.6) is 17.2 Å². The van der Waals surface area contributed by atoms with E-state index in [0.717, 1.165) is 18.4 Å². The number of alkyl carbamates (subject to hydrolysis) is 1. The smallest absolute Gasteiger partial charge is 0.407 e. The van der Waals surface area contributed by atoms with E-state index < -0.39 is 6.09 Å². The standard InChI is InChI=1S/C19H28N2O6/c1-5-27-19(23)20-14-7-6-8-21(12-14)17(22)11-13-9-15(24-2)18(26-4)16(10-13)25-3/h9-10,14H,5-8,11-12H2,1-4H3,(H,20,23)/t14-/m0/s1. The highest BCUT2D eigenvalue weighted by molar-refractivity contribution is 5.79. The molecular weight excluding hydrogens is 352 g/mol. The summed E-state index contributed by atoms with van der Waals surface area (Å²) in [6, 6.07) is 3.46. The molecule has 0 saturated carbocycles. The van der Waals surface area contributed by atoms with Crippen molar-refractivity contribution in [2.24, 2.45) is 0 Å². The summed E-state index contributed by atoms with van der Waals surface area (Å²) in [7, 11) is 4.62.